The molecule has 2 aromatic heterocycles. The smallest absolute Gasteiger partial charge is 0.170 e. The molecule has 0 unspecified atom stereocenters. The molecule has 6 nitrogen and oxygen atoms in total. The van der Waals surface area contributed by atoms with Crippen LogP contribution in [0.15, 0.2) is 48.8 Å². The zero-order valence-electron chi connectivity index (χ0n) is 20.5. The molecular weight excluding hydrogens is 436 g/mol. The van der Waals surface area contributed by atoms with Crippen LogP contribution in [0.2, 0.25) is 0 Å². The molecule has 0 spiro atoms. The molecule has 0 amide bonds. The zero-order valence-corrected chi connectivity index (χ0v) is 20.5. The van der Waals surface area contributed by atoms with Crippen molar-refractivity contribution in [1.82, 2.24) is 14.8 Å². The highest BCUT2D eigenvalue weighted by Gasteiger charge is 2.43. The number of aromatic nitrogens is 3. The Bertz CT molecular complexity index is 1260. The normalized spacial score (nSPS) is 24.2. The topological polar surface area (TPSA) is 91.8 Å². The fourth-order valence-electron chi connectivity index (χ4n) is 5.26. The molecule has 180 valence electrons. The minimum atomic E-state index is -0.672. The van der Waals surface area contributed by atoms with E-state index in [1.165, 1.54) is 18.4 Å². The first kappa shape index (κ1) is 23.4. The molecule has 0 saturated heterocycles. The van der Waals surface area contributed by atoms with Crippen LogP contribution in [0.25, 0.3) is 5.69 Å². The van der Waals surface area contributed by atoms with Gasteiger partial charge < -0.3 is 5.11 Å². The van der Waals surface area contributed by atoms with Crippen molar-refractivity contribution in [2.75, 3.05) is 0 Å². The average molecular weight is 469 g/mol. The summed E-state index contributed by atoms with van der Waals surface area (Å²) in [4.78, 5) is 17.7. The van der Waals surface area contributed by atoms with Gasteiger partial charge in [0.05, 0.1) is 45.9 Å². The summed E-state index contributed by atoms with van der Waals surface area (Å²) in [6.45, 7) is 3.91. The molecule has 2 aliphatic rings. The number of ketones is 1. The van der Waals surface area contributed by atoms with Gasteiger partial charge >= 0.3 is 0 Å². The van der Waals surface area contributed by atoms with Crippen molar-refractivity contribution in [1.29, 1.82) is 5.26 Å². The average Bonchev–Trinajstić information content (AvgIpc) is 3.67. The Morgan fingerprint density at radius 3 is 2.40 bits per heavy atom. The predicted molar refractivity (Wildman–Crippen MR) is 134 cm³/mol. The maximum atomic E-state index is 13.1. The van der Waals surface area contributed by atoms with Gasteiger partial charge in [0.1, 0.15) is 0 Å². The monoisotopic (exact) mass is 468 g/mol. The Kier molecular flexibility index (Phi) is 6.06. The first-order chi connectivity index (χ1) is 16.9. The molecule has 2 heterocycles. The number of pyridine rings is 1. The minimum absolute atomic E-state index is 0.00132. The van der Waals surface area contributed by atoms with Gasteiger partial charge in [-0.1, -0.05) is 25.1 Å². The summed E-state index contributed by atoms with van der Waals surface area (Å²) in [6.07, 6.45) is 9.23. The number of hydrogen-bond acceptors (Lipinski definition) is 5. The fraction of sp³-hybridized carbons (Fsp3) is 0.448. The van der Waals surface area contributed by atoms with Crippen LogP contribution in [-0.4, -0.2) is 31.3 Å². The van der Waals surface area contributed by atoms with Crippen molar-refractivity contribution < 1.29 is 9.90 Å². The number of nitrogens with zero attached hydrogens (tertiary/aromatic N) is 4. The highest BCUT2D eigenvalue weighted by molar-refractivity contribution is 5.98. The van der Waals surface area contributed by atoms with Gasteiger partial charge in [-0.25, -0.2) is 4.68 Å². The van der Waals surface area contributed by atoms with Crippen molar-refractivity contribution in [2.24, 2.45) is 0 Å². The largest absolute Gasteiger partial charge is 0.390 e. The molecule has 2 aliphatic carbocycles. The van der Waals surface area contributed by atoms with Gasteiger partial charge in [-0.2, -0.15) is 10.4 Å². The van der Waals surface area contributed by atoms with E-state index in [4.69, 9.17) is 0 Å². The van der Waals surface area contributed by atoms with Gasteiger partial charge in [0.2, 0.25) is 0 Å². The lowest BCUT2D eigenvalue weighted by Crippen LogP contribution is -2.40. The second-order valence-electron chi connectivity index (χ2n) is 10.3. The van der Waals surface area contributed by atoms with E-state index in [-0.39, 0.29) is 12.2 Å². The highest BCUT2D eigenvalue weighted by Crippen LogP contribution is 2.43. The predicted octanol–water partition coefficient (Wildman–Crippen LogP) is 5.36. The van der Waals surface area contributed by atoms with E-state index < -0.39 is 11.0 Å². The number of Topliss-reactive ketones (excluding diaryl/α,β-unsaturated/α-hetero) is 1. The summed E-state index contributed by atoms with van der Waals surface area (Å²) in [5, 5.41) is 25.0. The van der Waals surface area contributed by atoms with Crippen molar-refractivity contribution in [2.45, 2.75) is 82.1 Å². The van der Waals surface area contributed by atoms with Crippen LogP contribution >= 0.6 is 0 Å². The number of rotatable bonds is 7. The summed E-state index contributed by atoms with van der Waals surface area (Å²) in [5.74, 6) is 0.708. The Hall–Kier alpha value is -3.30. The highest BCUT2D eigenvalue weighted by atomic mass is 16.3. The summed E-state index contributed by atoms with van der Waals surface area (Å²) in [7, 11) is 0. The quantitative estimate of drug-likeness (QED) is 0.472. The van der Waals surface area contributed by atoms with Crippen molar-refractivity contribution >= 4 is 5.78 Å². The van der Waals surface area contributed by atoms with Gasteiger partial charge in [-0.05, 0) is 87.1 Å². The molecule has 0 aliphatic heterocycles. The van der Waals surface area contributed by atoms with Crippen LogP contribution in [0.1, 0.15) is 90.7 Å². The van der Waals surface area contributed by atoms with E-state index in [2.05, 4.69) is 40.4 Å². The lowest BCUT2D eigenvalue weighted by atomic mass is 9.67. The maximum Gasteiger partial charge on any atom is 0.170 e. The molecule has 6 heteroatoms. The number of carbonyl (C=O) groups is 1. The number of aliphatic hydroxyl groups is 1. The van der Waals surface area contributed by atoms with Crippen LogP contribution in [0.5, 0.6) is 0 Å². The van der Waals surface area contributed by atoms with E-state index >= 15 is 0 Å². The number of nitriles is 1. The molecule has 5 rings (SSSR count). The van der Waals surface area contributed by atoms with Gasteiger partial charge in [-0.3, -0.25) is 9.78 Å². The molecule has 0 bridgehead atoms. The lowest BCUT2D eigenvalue weighted by Gasteiger charge is -2.39. The summed E-state index contributed by atoms with van der Waals surface area (Å²) < 4.78 is 1.82. The molecule has 3 aromatic rings. The summed E-state index contributed by atoms with van der Waals surface area (Å²) >= 11 is 0. The van der Waals surface area contributed by atoms with E-state index in [0.717, 1.165) is 22.6 Å². The Labute approximate surface area is 206 Å². The van der Waals surface area contributed by atoms with Crippen LogP contribution in [-0.2, 0) is 11.8 Å². The van der Waals surface area contributed by atoms with E-state index in [1.54, 1.807) is 12.4 Å². The third-order valence-electron chi connectivity index (χ3n) is 8.08. The fourth-order valence-corrected chi connectivity index (χ4v) is 5.26. The second kappa shape index (κ2) is 9.05. The van der Waals surface area contributed by atoms with E-state index in [1.807, 2.05) is 30.7 Å². The van der Waals surface area contributed by atoms with Crippen LogP contribution in [0.4, 0.5) is 0 Å². The van der Waals surface area contributed by atoms with E-state index in [9.17, 15) is 15.2 Å². The van der Waals surface area contributed by atoms with Crippen molar-refractivity contribution in [3.8, 4) is 11.8 Å². The molecule has 0 atom stereocenters. The molecule has 35 heavy (non-hydrogen) atoms. The Morgan fingerprint density at radius 2 is 1.83 bits per heavy atom. The third kappa shape index (κ3) is 4.53. The first-order valence-electron chi connectivity index (χ1n) is 12.6. The summed E-state index contributed by atoms with van der Waals surface area (Å²) in [5.41, 5.74) is 3.97. The third-order valence-corrected chi connectivity index (χ3v) is 8.08. The molecular formula is C29H32N4O2. The summed E-state index contributed by atoms with van der Waals surface area (Å²) in [6, 6.07) is 14.7. The van der Waals surface area contributed by atoms with Crippen LogP contribution < -0.4 is 0 Å². The Morgan fingerprint density at radius 1 is 1.11 bits per heavy atom. The van der Waals surface area contributed by atoms with Crippen molar-refractivity contribution in [3.05, 3.63) is 76.9 Å². The first-order valence-corrected chi connectivity index (χ1v) is 12.6. The standard InChI is InChI=1S/C29H32N4O2/c1-3-29(35)14-12-28(19-30,13-15-29)27-11-4-21(17-31-27)16-26(34)25-18-32-33(20(25)2)24-9-7-23(8-10-24)22-5-6-22/h4,7-11,17-18,22,35H,3,5-6,12-16H2,1-2H3. The zero-order chi connectivity index (χ0) is 24.6. The van der Waals surface area contributed by atoms with Gasteiger partial charge in [-0.15, -0.1) is 0 Å². The number of carbonyl (C=O) groups excluding carboxylic acids is 1. The van der Waals surface area contributed by atoms with E-state index in [0.29, 0.717) is 43.6 Å². The van der Waals surface area contributed by atoms with Crippen LogP contribution in [0, 0.1) is 18.3 Å². The molecule has 0 radical (unpaired) electrons. The SMILES string of the molecule is CCC1(O)CCC(C#N)(c2ccc(CC(=O)c3cnn(-c4ccc(C5CC5)cc4)c3C)cn2)CC1. The number of hydrogen-bond donors (Lipinski definition) is 1. The molecule has 2 saturated carbocycles. The Balaban J connectivity index is 1.28. The molecule has 2 fully saturated rings. The molecule has 1 aromatic carbocycles. The van der Waals surface area contributed by atoms with Gasteiger partial charge in [0, 0.05) is 12.6 Å². The molecule has 1 N–H and O–H groups in total. The van der Waals surface area contributed by atoms with Crippen molar-refractivity contribution in [3.63, 3.8) is 0 Å². The maximum absolute atomic E-state index is 13.1. The minimum Gasteiger partial charge on any atom is -0.390 e. The van der Waals surface area contributed by atoms with Gasteiger partial charge in [0.15, 0.2) is 5.78 Å². The second-order valence-corrected chi connectivity index (χ2v) is 10.3. The lowest BCUT2D eigenvalue weighted by molar-refractivity contribution is -0.0125. The number of benzene rings is 1. The van der Waals surface area contributed by atoms with Gasteiger partial charge in [0.25, 0.3) is 0 Å². The van der Waals surface area contributed by atoms with Crippen LogP contribution in [0.3, 0.4) is 0 Å².